The molecule has 5 nitrogen and oxygen atoms in total. The Kier molecular flexibility index (Phi) is 5.59. The number of para-hydroxylation sites is 1. The van der Waals surface area contributed by atoms with Crippen molar-refractivity contribution in [2.24, 2.45) is 5.92 Å². The minimum Gasteiger partial charge on any atom is -0.423 e. The highest BCUT2D eigenvalue weighted by molar-refractivity contribution is 9.10. The molecule has 28 heavy (non-hydrogen) atoms. The predicted octanol–water partition coefficient (Wildman–Crippen LogP) is 4.41. The van der Waals surface area contributed by atoms with E-state index in [4.69, 9.17) is 4.42 Å². The van der Waals surface area contributed by atoms with E-state index in [1.54, 1.807) is 6.07 Å². The number of rotatable bonds is 4. The number of likely N-dealkylation sites (tertiary alicyclic amines) is 1. The number of piperidine rings is 1. The third-order valence-corrected chi connectivity index (χ3v) is 5.68. The fraction of sp³-hybridized carbons (Fsp3) is 0.273. The summed E-state index contributed by atoms with van der Waals surface area (Å²) in [7, 11) is 0. The minimum absolute atomic E-state index is 0.0185. The van der Waals surface area contributed by atoms with E-state index < -0.39 is 0 Å². The number of amides is 1. The zero-order chi connectivity index (χ0) is 19.5. The van der Waals surface area contributed by atoms with E-state index in [1.165, 1.54) is 0 Å². The molecule has 3 aromatic rings. The number of nitrogens with one attached hydrogen (secondary N) is 1. The molecule has 1 saturated heterocycles. The Balaban J connectivity index is 1.40. The van der Waals surface area contributed by atoms with Gasteiger partial charge in [0, 0.05) is 34.1 Å². The zero-order valence-corrected chi connectivity index (χ0v) is 16.9. The number of halogens is 1. The second kappa shape index (κ2) is 8.29. The van der Waals surface area contributed by atoms with Crippen molar-refractivity contribution in [1.29, 1.82) is 0 Å². The number of hydrogen-bond donors (Lipinski definition) is 1. The van der Waals surface area contributed by atoms with Gasteiger partial charge in [-0.25, -0.2) is 4.79 Å². The van der Waals surface area contributed by atoms with Gasteiger partial charge in [0.1, 0.15) is 5.58 Å². The van der Waals surface area contributed by atoms with E-state index in [-0.39, 0.29) is 17.5 Å². The summed E-state index contributed by atoms with van der Waals surface area (Å²) in [5.74, 6) is 0.103. The van der Waals surface area contributed by atoms with Crippen molar-refractivity contribution in [3.63, 3.8) is 0 Å². The number of hydrogen-bond acceptors (Lipinski definition) is 4. The summed E-state index contributed by atoms with van der Waals surface area (Å²) in [6, 6.07) is 16.9. The van der Waals surface area contributed by atoms with Crippen molar-refractivity contribution in [2.75, 3.05) is 18.4 Å². The number of fused-ring (bicyclic) bond motifs is 1. The molecular weight excluding hydrogens is 420 g/mol. The lowest BCUT2D eigenvalue weighted by molar-refractivity contribution is -0.121. The maximum absolute atomic E-state index is 12.5. The molecule has 0 saturated carbocycles. The lowest BCUT2D eigenvalue weighted by Gasteiger charge is -2.31. The van der Waals surface area contributed by atoms with E-state index >= 15 is 0 Å². The van der Waals surface area contributed by atoms with Crippen LogP contribution in [0.15, 0.2) is 68.3 Å². The molecule has 0 unspecified atom stereocenters. The van der Waals surface area contributed by atoms with Crippen LogP contribution in [0.4, 0.5) is 5.69 Å². The Labute approximate surface area is 171 Å². The molecule has 1 fully saturated rings. The molecule has 0 atom stereocenters. The zero-order valence-electron chi connectivity index (χ0n) is 15.4. The molecule has 4 rings (SSSR count). The SMILES string of the molecule is O=C(Nc1ccccc1)C1CCN(Cc2cc(=O)oc3cc(Br)ccc23)CC1. The maximum atomic E-state index is 12.5. The molecule has 0 bridgehead atoms. The quantitative estimate of drug-likeness (QED) is 0.610. The van der Waals surface area contributed by atoms with Crippen molar-refractivity contribution >= 4 is 38.5 Å². The Bertz CT molecular complexity index is 1040. The fourth-order valence-electron chi connectivity index (χ4n) is 3.69. The summed E-state index contributed by atoms with van der Waals surface area (Å²) in [5.41, 5.74) is 2.06. The van der Waals surface area contributed by atoms with Gasteiger partial charge in [-0.05, 0) is 61.8 Å². The highest BCUT2D eigenvalue weighted by Gasteiger charge is 2.25. The van der Waals surface area contributed by atoms with Crippen LogP contribution in [0.5, 0.6) is 0 Å². The second-order valence-electron chi connectivity index (χ2n) is 7.14. The third-order valence-electron chi connectivity index (χ3n) is 5.19. The summed E-state index contributed by atoms with van der Waals surface area (Å²) in [6.45, 7) is 2.33. The Morgan fingerprint density at radius 1 is 1.11 bits per heavy atom. The molecule has 1 aliphatic heterocycles. The highest BCUT2D eigenvalue weighted by Crippen LogP contribution is 2.25. The van der Waals surface area contributed by atoms with Crippen LogP contribution < -0.4 is 10.9 Å². The molecule has 1 aliphatic rings. The van der Waals surface area contributed by atoms with Crippen LogP contribution in [0.2, 0.25) is 0 Å². The minimum atomic E-state index is -0.335. The standard InChI is InChI=1S/C22H21BrN2O3/c23-17-6-7-19-16(12-21(26)28-20(19)13-17)14-25-10-8-15(9-11-25)22(27)24-18-4-2-1-3-5-18/h1-7,12-13,15H,8-11,14H2,(H,24,27). The van der Waals surface area contributed by atoms with Gasteiger partial charge in [0.25, 0.3) is 0 Å². The molecular formula is C22H21BrN2O3. The summed E-state index contributed by atoms with van der Waals surface area (Å²) >= 11 is 3.41. The first kappa shape index (κ1) is 18.9. The van der Waals surface area contributed by atoms with Crippen LogP contribution in [0, 0.1) is 5.92 Å². The van der Waals surface area contributed by atoms with Gasteiger partial charge in [-0.3, -0.25) is 9.69 Å². The Hall–Kier alpha value is -2.44. The van der Waals surface area contributed by atoms with Crippen LogP contribution in [0.1, 0.15) is 18.4 Å². The smallest absolute Gasteiger partial charge is 0.336 e. The molecule has 1 N–H and O–H groups in total. The predicted molar refractivity (Wildman–Crippen MR) is 113 cm³/mol. The van der Waals surface area contributed by atoms with Crippen LogP contribution in [-0.2, 0) is 11.3 Å². The molecule has 144 valence electrons. The monoisotopic (exact) mass is 440 g/mol. The normalized spacial score (nSPS) is 15.6. The van der Waals surface area contributed by atoms with Crippen molar-refractivity contribution in [2.45, 2.75) is 19.4 Å². The average Bonchev–Trinajstić information content (AvgIpc) is 2.69. The van der Waals surface area contributed by atoms with E-state index in [2.05, 4.69) is 26.1 Å². The van der Waals surface area contributed by atoms with Gasteiger partial charge in [-0.1, -0.05) is 34.1 Å². The maximum Gasteiger partial charge on any atom is 0.336 e. The number of anilines is 1. The number of carbonyl (C=O) groups is 1. The fourth-order valence-corrected chi connectivity index (χ4v) is 4.03. The van der Waals surface area contributed by atoms with Gasteiger partial charge in [0.05, 0.1) is 0 Å². The summed E-state index contributed by atoms with van der Waals surface area (Å²) < 4.78 is 6.20. The summed E-state index contributed by atoms with van der Waals surface area (Å²) in [4.78, 5) is 26.7. The number of nitrogens with zero attached hydrogens (tertiary/aromatic N) is 1. The van der Waals surface area contributed by atoms with Crippen molar-refractivity contribution in [3.8, 4) is 0 Å². The van der Waals surface area contributed by atoms with E-state index in [1.807, 2.05) is 48.5 Å². The van der Waals surface area contributed by atoms with E-state index in [0.29, 0.717) is 12.1 Å². The lowest BCUT2D eigenvalue weighted by atomic mass is 9.95. The van der Waals surface area contributed by atoms with Gasteiger partial charge in [-0.15, -0.1) is 0 Å². The first-order chi connectivity index (χ1) is 13.6. The molecule has 0 aliphatic carbocycles. The van der Waals surface area contributed by atoms with Gasteiger partial charge in [0.2, 0.25) is 5.91 Å². The second-order valence-corrected chi connectivity index (χ2v) is 8.05. The van der Waals surface area contributed by atoms with Gasteiger partial charge in [0.15, 0.2) is 0 Å². The molecule has 1 aromatic heterocycles. The van der Waals surface area contributed by atoms with Crippen LogP contribution in [0.3, 0.4) is 0 Å². The Morgan fingerprint density at radius 2 is 1.86 bits per heavy atom. The molecule has 6 heteroatoms. The van der Waals surface area contributed by atoms with Crippen LogP contribution in [-0.4, -0.2) is 23.9 Å². The topological polar surface area (TPSA) is 62.6 Å². The average molecular weight is 441 g/mol. The Morgan fingerprint density at radius 3 is 2.61 bits per heavy atom. The lowest BCUT2D eigenvalue weighted by Crippen LogP contribution is -2.37. The third kappa shape index (κ3) is 4.34. The first-order valence-corrected chi connectivity index (χ1v) is 10.2. The number of carbonyl (C=O) groups excluding carboxylic acids is 1. The molecule has 2 heterocycles. The van der Waals surface area contributed by atoms with E-state index in [0.717, 1.165) is 47.0 Å². The molecule has 0 spiro atoms. The van der Waals surface area contributed by atoms with Crippen molar-refractivity contribution in [3.05, 3.63) is 75.1 Å². The number of benzene rings is 2. The summed E-state index contributed by atoms with van der Waals surface area (Å²) in [5, 5.41) is 3.95. The van der Waals surface area contributed by atoms with E-state index in [9.17, 15) is 9.59 Å². The van der Waals surface area contributed by atoms with Gasteiger partial charge >= 0.3 is 5.63 Å². The van der Waals surface area contributed by atoms with Crippen LogP contribution in [0.25, 0.3) is 11.0 Å². The largest absolute Gasteiger partial charge is 0.423 e. The van der Waals surface area contributed by atoms with Crippen molar-refractivity contribution < 1.29 is 9.21 Å². The van der Waals surface area contributed by atoms with Crippen LogP contribution >= 0.6 is 15.9 Å². The van der Waals surface area contributed by atoms with Crippen molar-refractivity contribution in [1.82, 2.24) is 4.90 Å². The van der Waals surface area contributed by atoms with Gasteiger partial charge in [-0.2, -0.15) is 0 Å². The highest BCUT2D eigenvalue weighted by atomic mass is 79.9. The molecule has 2 aromatic carbocycles. The molecule has 0 radical (unpaired) electrons. The first-order valence-electron chi connectivity index (χ1n) is 9.39. The van der Waals surface area contributed by atoms with Gasteiger partial charge < -0.3 is 9.73 Å². The molecule has 1 amide bonds. The summed E-state index contributed by atoms with van der Waals surface area (Å²) in [6.07, 6.45) is 1.62.